The van der Waals surface area contributed by atoms with Crippen LogP contribution >= 0.6 is 28.6 Å². The first-order chi connectivity index (χ1) is 8.24. The molecule has 2 unspecified atom stereocenters. The minimum Gasteiger partial charge on any atom is -0.405 e. The maximum absolute atomic E-state index is 12.2. The molecule has 0 bridgehead atoms. The summed E-state index contributed by atoms with van der Waals surface area (Å²) in [6, 6.07) is 3.74. The Balaban J connectivity index is 3.11. The predicted octanol–water partition coefficient (Wildman–Crippen LogP) is 2.67. The average molecular weight is 347 g/mol. The van der Waals surface area contributed by atoms with Crippen molar-refractivity contribution in [3.05, 3.63) is 28.2 Å². The second-order valence-electron chi connectivity index (χ2n) is 3.42. The van der Waals surface area contributed by atoms with E-state index >= 15 is 0 Å². The first-order valence-electron chi connectivity index (χ1n) is 4.77. The highest BCUT2D eigenvalue weighted by Gasteiger charge is 2.33. The minimum absolute atomic E-state index is 0.0946. The van der Waals surface area contributed by atoms with Gasteiger partial charge in [0.15, 0.2) is 0 Å². The molecule has 0 saturated heterocycles. The van der Waals surface area contributed by atoms with E-state index in [-0.39, 0.29) is 11.3 Å². The number of aliphatic hydroxyl groups excluding tert-OH is 2. The predicted molar refractivity (Wildman–Crippen MR) is 65.6 cm³/mol. The maximum Gasteiger partial charge on any atom is 0.573 e. The van der Waals surface area contributed by atoms with Crippen LogP contribution in [0.2, 0.25) is 0 Å². The van der Waals surface area contributed by atoms with Gasteiger partial charge in [-0.15, -0.1) is 13.2 Å². The van der Waals surface area contributed by atoms with Gasteiger partial charge in [-0.25, -0.2) is 0 Å². The first-order valence-corrected chi connectivity index (χ1v) is 6.19. The van der Waals surface area contributed by atoms with Crippen LogP contribution in [0.5, 0.6) is 5.75 Å². The third-order valence-electron chi connectivity index (χ3n) is 2.07. The molecule has 2 N–H and O–H groups in total. The van der Waals surface area contributed by atoms with E-state index in [0.29, 0.717) is 4.47 Å². The molecule has 0 aliphatic heterocycles. The summed E-state index contributed by atoms with van der Waals surface area (Å²) in [6.07, 6.45) is -7.67. The van der Waals surface area contributed by atoms with Gasteiger partial charge < -0.3 is 14.9 Å². The van der Waals surface area contributed by atoms with Gasteiger partial charge in [-0.2, -0.15) is 12.6 Å². The summed E-state index contributed by atoms with van der Waals surface area (Å²) in [5.74, 6) is -0.659. The molecule has 0 amide bonds. The Morgan fingerprint density at radius 1 is 1.33 bits per heavy atom. The molecular weight excluding hydrogens is 337 g/mol. The standard InChI is InChI=1S/C10H10BrF3O3S/c11-5-1-2-6(9(16)7(15)4-18)8(3-5)17-10(12,13)14/h1-3,7,9,15-16,18H,4H2. The number of thiol groups is 1. The number of rotatable bonds is 4. The molecule has 0 spiro atoms. The van der Waals surface area contributed by atoms with Gasteiger partial charge in [-0.3, -0.25) is 0 Å². The van der Waals surface area contributed by atoms with Crippen LogP contribution in [0.15, 0.2) is 22.7 Å². The summed E-state index contributed by atoms with van der Waals surface area (Å²) >= 11 is 6.76. The molecule has 1 rings (SSSR count). The minimum atomic E-state index is -4.87. The largest absolute Gasteiger partial charge is 0.573 e. The Morgan fingerprint density at radius 3 is 2.44 bits per heavy atom. The summed E-state index contributed by atoms with van der Waals surface area (Å²) in [4.78, 5) is 0. The number of hydrogen-bond acceptors (Lipinski definition) is 4. The molecule has 1 aromatic rings. The Hall–Kier alpha value is -0.440. The van der Waals surface area contributed by atoms with Crippen LogP contribution in [0.1, 0.15) is 11.7 Å². The Bertz CT molecular complexity index is 414. The van der Waals surface area contributed by atoms with Crippen molar-refractivity contribution < 1.29 is 28.1 Å². The van der Waals surface area contributed by atoms with Crippen molar-refractivity contribution in [3.8, 4) is 5.75 Å². The summed E-state index contributed by atoms with van der Waals surface area (Å²) in [7, 11) is 0. The van der Waals surface area contributed by atoms with Gasteiger partial charge in [0.2, 0.25) is 0 Å². The van der Waals surface area contributed by atoms with E-state index in [9.17, 15) is 23.4 Å². The third kappa shape index (κ3) is 4.34. The molecule has 0 aliphatic carbocycles. The van der Waals surface area contributed by atoms with Crippen molar-refractivity contribution in [1.82, 2.24) is 0 Å². The fourth-order valence-corrected chi connectivity index (χ4v) is 1.81. The Morgan fingerprint density at radius 2 is 1.94 bits per heavy atom. The van der Waals surface area contributed by atoms with Crippen LogP contribution in [0.4, 0.5) is 13.2 Å². The van der Waals surface area contributed by atoms with Gasteiger partial charge in [0, 0.05) is 15.8 Å². The lowest BCUT2D eigenvalue weighted by Crippen LogP contribution is -2.23. The number of alkyl halides is 3. The molecule has 0 heterocycles. The van der Waals surface area contributed by atoms with Crippen LogP contribution in [0.25, 0.3) is 0 Å². The molecule has 0 aliphatic rings. The number of aliphatic hydroxyl groups is 2. The first kappa shape index (κ1) is 15.6. The molecule has 0 fully saturated rings. The number of halogens is 4. The maximum atomic E-state index is 12.2. The van der Waals surface area contributed by atoms with Crippen molar-refractivity contribution in [1.29, 1.82) is 0 Å². The van der Waals surface area contributed by atoms with E-state index in [1.54, 1.807) is 0 Å². The highest BCUT2D eigenvalue weighted by Crippen LogP contribution is 2.34. The molecule has 0 saturated carbocycles. The molecule has 1 aromatic carbocycles. The third-order valence-corrected chi connectivity index (χ3v) is 2.94. The van der Waals surface area contributed by atoms with E-state index in [4.69, 9.17) is 0 Å². The smallest absolute Gasteiger partial charge is 0.405 e. The number of hydrogen-bond donors (Lipinski definition) is 3. The van der Waals surface area contributed by atoms with Crippen molar-refractivity contribution in [3.63, 3.8) is 0 Å². The summed E-state index contributed by atoms with van der Waals surface area (Å²) in [6.45, 7) is 0. The monoisotopic (exact) mass is 346 g/mol. The normalized spacial score (nSPS) is 15.3. The Labute approximate surface area is 115 Å². The van der Waals surface area contributed by atoms with Gasteiger partial charge in [0.25, 0.3) is 0 Å². The molecular formula is C10H10BrF3O3S. The van der Waals surface area contributed by atoms with Gasteiger partial charge in [-0.1, -0.05) is 22.0 Å². The summed E-state index contributed by atoms with van der Waals surface area (Å²) in [5.41, 5.74) is -0.155. The van der Waals surface area contributed by atoms with Crippen LogP contribution in [-0.2, 0) is 0 Å². The summed E-state index contributed by atoms with van der Waals surface area (Å²) in [5, 5.41) is 19.1. The van der Waals surface area contributed by atoms with Crippen LogP contribution < -0.4 is 4.74 Å². The number of benzene rings is 1. The van der Waals surface area contributed by atoms with Crippen LogP contribution in [0, 0.1) is 0 Å². The second-order valence-corrected chi connectivity index (χ2v) is 4.71. The Kier molecular flexibility index (Phi) is 5.32. The zero-order valence-corrected chi connectivity index (χ0v) is 11.3. The lowest BCUT2D eigenvalue weighted by Gasteiger charge is -2.20. The fraction of sp³-hybridized carbons (Fsp3) is 0.400. The molecule has 2 atom stereocenters. The lowest BCUT2D eigenvalue weighted by molar-refractivity contribution is -0.275. The van der Waals surface area contributed by atoms with Crippen LogP contribution in [0.3, 0.4) is 0 Å². The van der Waals surface area contributed by atoms with E-state index < -0.39 is 24.3 Å². The highest BCUT2D eigenvalue weighted by molar-refractivity contribution is 9.10. The average Bonchev–Trinajstić information content (AvgIpc) is 2.25. The SMILES string of the molecule is OC(CS)C(O)c1ccc(Br)cc1OC(F)(F)F. The van der Waals surface area contributed by atoms with Gasteiger partial charge in [0.05, 0.1) is 6.10 Å². The van der Waals surface area contributed by atoms with Crippen molar-refractivity contribution in [2.45, 2.75) is 18.6 Å². The van der Waals surface area contributed by atoms with Gasteiger partial charge in [0.1, 0.15) is 11.9 Å². The van der Waals surface area contributed by atoms with Crippen molar-refractivity contribution in [2.24, 2.45) is 0 Å². The lowest BCUT2D eigenvalue weighted by atomic mass is 10.0. The van der Waals surface area contributed by atoms with E-state index in [1.165, 1.54) is 12.1 Å². The highest BCUT2D eigenvalue weighted by atomic mass is 79.9. The molecule has 102 valence electrons. The van der Waals surface area contributed by atoms with Crippen LogP contribution in [-0.4, -0.2) is 28.4 Å². The zero-order chi connectivity index (χ0) is 13.9. The van der Waals surface area contributed by atoms with Gasteiger partial charge in [-0.05, 0) is 12.1 Å². The molecule has 18 heavy (non-hydrogen) atoms. The topological polar surface area (TPSA) is 49.7 Å². The molecule has 0 aromatic heterocycles. The molecule has 3 nitrogen and oxygen atoms in total. The van der Waals surface area contributed by atoms with Crippen molar-refractivity contribution >= 4 is 28.6 Å². The van der Waals surface area contributed by atoms with E-state index in [1.807, 2.05) is 0 Å². The molecule has 8 heteroatoms. The molecule has 0 radical (unpaired) electrons. The summed E-state index contributed by atoms with van der Waals surface area (Å²) < 4.78 is 40.8. The second kappa shape index (κ2) is 6.14. The van der Waals surface area contributed by atoms with E-state index in [2.05, 4.69) is 33.3 Å². The zero-order valence-electron chi connectivity index (χ0n) is 8.86. The van der Waals surface area contributed by atoms with Crippen molar-refractivity contribution in [2.75, 3.05) is 5.75 Å². The fourth-order valence-electron chi connectivity index (χ4n) is 1.27. The number of ether oxygens (including phenoxy) is 1. The quantitative estimate of drug-likeness (QED) is 0.734. The van der Waals surface area contributed by atoms with Gasteiger partial charge >= 0.3 is 6.36 Å². The van der Waals surface area contributed by atoms with E-state index in [0.717, 1.165) is 6.07 Å².